The van der Waals surface area contributed by atoms with E-state index in [1.807, 2.05) is 22.8 Å². The van der Waals surface area contributed by atoms with E-state index >= 15 is 0 Å². The normalized spacial score (nSPS) is 31.4. The van der Waals surface area contributed by atoms with E-state index in [-0.39, 0.29) is 16.5 Å². The van der Waals surface area contributed by atoms with Gasteiger partial charge in [0.05, 0.1) is 18.2 Å². The SMILES string of the molecule is CC[C@H]1CN2CC[C@@]34c5ccccc5-n5c3c(cc(C(=O)OC)c5=O)[C@H]1C[C@@H]24. The molecule has 2 fully saturated rings. The molecule has 5 heteroatoms. The Morgan fingerprint density at radius 1 is 1.32 bits per heavy atom. The van der Waals surface area contributed by atoms with Crippen LogP contribution in [0.1, 0.15) is 59.3 Å². The van der Waals surface area contributed by atoms with Crippen LogP contribution in [-0.2, 0) is 10.2 Å². The Kier molecular flexibility index (Phi) is 3.16. The molecule has 4 aliphatic rings. The molecular formula is C23H24N2O3. The minimum atomic E-state index is -0.533. The molecule has 1 aromatic carbocycles. The molecule has 0 unspecified atom stereocenters. The van der Waals surface area contributed by atoms with E-state index in [1.165, 1.54) is 18.2 Å². The number of hydrogen-bond acceptors (Lipinski definition) is 4. The number of methoxy groups -OCH3 is 1. The maximum atomic E-state index is 13.5. The van der Waals surface area contributed by atoms with Crippen molar-refractivity contribution < 1.29 is 9.53 Å². The lowest BCUT2D eigenvalue weighted by Gasteiger charge is -2.50. The average molecular weight is 376 g/mol. The summed E-state index contributed by atoms with van der Waals surface area (Å²) in [7, 11) is 1.35. The second-order valence-corrected chi connectivity index (χ2v) is 8.75. The van der Waals surface area contributed by atoms with Crippen molar-refractivity contribution in [1.82, 2.24) is 9.47 Å². The average Bonchev–Trinajstić information content (AvgIpc) is 3.27. The third-order valence-corrected chi connectivity index (χ3v) is 7.93. The molecular weight excluding hydrogens is 352 g/mol. The van der Waals surface area contributed by atoms with E-state index in [1.54, 1.807) is 0 Å². The molecule has 1 aliphatic carbocycles. The zero-order valence-corrected chi connectivity index (χ0v) is 16.3. The van der Waals surface area contributed by atoms with Gasteiger partial charge in [0.25, 0.3) is 5.56 Å². The van der Waals surface area contributed by atoms with Crippen molar-refractivity contribution in [1.29, 1.82) is 0 Å². The van der Waals surface area contributed by atoms with Gasteiger partial charge in [-0.05, 0) is 54.5 Å². The lowest BCUT2D eigenvalue weighted by molar-refractivity contribution is 0.0596. The Labute approximate surface area is 163 Å². The molecule has 2 saturated heterocycles. The Hall–Kier alpha value is -2.40. The van der Waals surface area contributed by atoms with Crippen molar-refractivity contribution in [2.75, 3.05) is 20.2 Å². The predicted octanol–water partition coefficient (Wildman–Crippen LogP) is 2.83. The summed E-state index contributed by atoms with van der Waals surface area (Å²) in [6.45, 7) is 4.45. The zero-order chi connectivity index (χ0) is 19.2. The number of carbonyl (C=O) groups is 1. The summed E-state index contributed by atoms with van der Waals surface area (Å²) < 4.78 is 6.82. The molecule has 2 aromatic rings. The fourth-order valence-corrected chi connectivity index (χ4v) is 6.81. The number of piperidine rings is 1. The molecule has 1 spiro atoms. The van der Waals surface area contributed by atoms with Crippen LogP contribution in [0.25, 0.3) is 5.69 Å². The smallest absolute Gasteiger partial charge is 0.343 e. The van der Waals surface area contributed by atoms with Crippen LogP contribution in [0.4, 0.5) is 0 Å². The quantitative estimate of drug-likeness (QED) is 0.757. The van der Waals surface area contributed by atoms with Crippen molar-refractivity contribution in [2.24, 2.45) is 5.92 Å². The Balaban J connectivity index is 1.76. The Morgan fingerprint density at radius 2 is 2.14 bits per heavy atom. The van der Waals surface area contributed by atoms with Crippen LogP contribution in [0, 0.1) is 5.92 Å². The number of carbonyl (C=O) groups excluding carboxylic acids is 1. The van der Waals surface area contributed by atoms with Gasteiger partial charge in [0.1, 0.15) is 5.56 Å². The van der Waals surface area contributed by atoms with Gasteiger partial charge in [-0.15, -0.1) is 0 Å². The van der Waals surface area contributed by atoms with Gasteiger partial charge in [0, 0.05) is 18.3 Å². The summed E-state index contributed by atoms with van der Waals surface area (Å²) in [6.07, 6.45) is 3.26. The highest BCUT2D eigenvalue weighted by Crippen LogP contribution is 2.61. The maximum absolute atomic E-state index is 13.5. The summed E-state index contributed by atoms with van der Waals surface area (Å²) in [5, 5.41) is 0. The van der Waals surface area contributed by atoms with Crippen LogP contribution in [0.15, 0.2) is 35.1 Å². The lowest BCUT2D eigenvalue weighted by atomic mass is 9.60. The Morgan fingerprint density at radius 3 is 2.93 bits per heavy atom. The van der Waals surface area contributed by atoms with Crippen LogP contribution in [-0.4, -0.2) is 41.7 Å². The van der Waals surface area contributed by atoms with Gasteiger partial charge in [0.2, 0.25) is 0 Å². The van der Waals surface area contributed by atoms with E-state index in [2.05, 4.69) is 24.0 Å². The third-order valence-electron chi connectivity index (χ3n) is 7.93. The van der Waals surface area contributed by atoms with E-state index in [0.29, 0.717) is 17.9 Å². The Bertz CT molecular complexity index is 1090. The number of benzene rings is 1. The van der Waals surface area contributed by atoms with Crippen LogP contribution >= 0.6 is 0 Å². The fraction of sp³-hybridized carbons (Fsp3) is 0.478. The molecule has 3 aliphatic heterocycles. The predicted molar refractivity (Wildman–Crippen MR) is 105 cm³/mol. The molecule has 2 bridgehead atoms. The standard InChI is InChI=1S/C23H24N2O3/c1-3-13-12-24-9-8-23-17-6-4-5-7-18(17)25-20(23)15(14(13)11-19(23)24)10-16(21(25)26)22(27)28-2/h4-7,10,13-14,19H,3,8-9,11-12H2,1-2H3/t13-,14-,19+,23-/m0/s1. The number of para-hydroxylation sites is 1. The zero-order valence-electron chi connectivity index (χ0n) is 16.3. The van der Waals surface area contributed by atoms with Gasteiger partial charge in [-0.3, -0.25) is 14.3 Å². The van der Waals surface area contributed by atoms with Crippen molar-refractivity contribution in [3.63, 3.8) is 0 Å². The second kappa shape index (κ2) is 5.35. The highest BCUT2D eigenvalue weighted by atomic mass is 16.5. The second-order valence-electron chi connectivity index (χ2n) is 8.75. The van der Waals surface area contributed by atoms with Crippen molar-refractivity contribution >= 4 is 5.97 Å². The van der Waals surface area contributed by atoms with Crippen LogP contribution < -0.4 is 5.56 Å². The highest BCUT2D eigenvalue weighted by molar-refractivity contribution is 5.89. The van der Waals surface area contributed by atoms with Gasteiger partial charge in [-0.25, -0.2) is 4.79 Å². The minimum Gasteiger partial charge on any atom is -0.465 e. The number of hydrogen-bond donors (Lipinski definition) is 0. The molecule has 0 amide bonds. The van der Waals surface area contributed by atoms with Crippen molar-refractivity contribution in [3.8, 4) is 5.69 Å². The van der Waals surface area contributed by atoms with Crippen LogP contribution in [0.2, 0.25) is 0 Å². The molecule has 144 valence electrons. The van der Waals surface area contributed by atoms with E-state index in [9.17, 15) is 9.59 Å². The first-order chi connectivity index (χ1) is 13.6. The van der Waals surface area contributed by atoms with Gasteiger partial charge in [-0.1, -0.05) is 31.5 Å². The summed E-state index contributed by atoms with van der Waals surface area (Å²) in [5.41, 5.74) is 4.40. The number of esters is 1. The third kappa shape index (κ3) is 1.68. The number of pyridine rings is 1. The van der Waals surface area contributed by atoms with Crippen LogP contribution in [0.3, 0.4) is 0 Å². The minimum absolute atomic E-state index is 0.116. The monoisotopic (exact) mass is 376 g/mol. The molecule has 4 heterocycles. The largest absolute Gasteiger partial charge is 0.465 e. The molecule has 1 aromatic heterocycles. The first-order valence-corrected chi connectivity index (χ1v) is 10.3. The van der Waals surface area contributed by atoms with Crippen molar-refractivity contribution in [2.45, 2.75) is 43.6 Å². The molecule has 28 heavy (non-hydrogen) atoms. The summed E-state index contributed by atoms with van der Waals surface area (Å²) >= 11 is 0. The number of nitrogens with zero attached hydrogens (tertiary/aromatic N) is 2. The first kappa shape index (κ1) is 16.5. The van der Waals surface area contributed by atoms with Crippen molar-refractivity contribution in [3.05, 3.63) is 63.1 Å². The van der Waals surface area contributed by atoms with Crippen LogP contribution in [0.5, 0.6) is 0 Å². The molecule has 4 atom stereocenters. The van der Waals surface area contributed by atoms with Gasteiger partial charge < -0.3 is 4.74 Å². The summed E-state index contributed by atoms with van der Waals surface area (Å²) in [6, 6.07) is 10.6. The lowest BCUT2D eigenvalue weighted by Crippen LogP contribution is -2.54. The first-order valence-electron chi connectivity index (χ1n) is 10.3. The van der Waals surface area contributed by atoms with E-state index < -0.39 is 5.97 Å². The van der Waals surface area contributed by atoms with Gasteiger partial charge in [-0.2, -0.15) is 0 Å². The van der Waals surface area contributed by atoms with E-state index in [0.717, 1.165) is 43.7 Å². The molecule has 6 rings (SSSR count). The summed E-state index contributed by atoms with van der Waals surface area (Å²) in [4.78, 5) is 28.6. The topological polar surface area (TPSA) is 51.5 Å². The number of rotatable bonds is 2. The molecule has 0 radical (unpaired) electrons. The number of fused-ring (bicyclic) bond motifs is 4. The fourth-order valence-electron chi connectivity index (χ4n) is 6.81. The molecule has 0 N–H and O–H groups in total. The van der Waals surface area contributed by atoms with Gasteiger partial charge in [0.15, 0.2) is 0 Å². The van der Waals surface area contributed by atoms with Gasteiger partial charge >= 0.3 is 5.97 Å². The summed E-state index contributed by atoms with van der Waals surface area (Å²) in [5.74, 6) is 0.426. The highest BCUT2D eigenvalue weighted by Gasteiger charge is 2.62. The maximum Gasteiger partial charge on any atom is 0.343 e. The number of aromatic nitrogens is 1. The molecule has 5 nitrogen and oxygen atoms in total. The molecule has 0 saturated carbocycles. The van der Waals surface area contributed by atoms with E-state index in [4.69, 9.17) is 4.74 Å². The number of ether oxygens (including phenoxy) is 1.